The molecule has 0 saturated carbocycles. The number of aliphatic hydroxyl groups is 1. The number of halogens is 2. The zero-order valence-electron chi connectivity index (χ0n) is 28.8. The highest BCUT2D eigenvalue weighted by Crippen LogP contribution is 2.60. The molecule has 1 fully saturated rings. The molecule has 1 saturated heterocycles. The fourth-order valence-corrected chi connectivity index (χ4v) is 11.1. The summed E-state index contributed by atoms with van der Waals surface area (Å²) in [5.41, 5.74) is 2.89. The van der Waals surface area contributed by atoms with E-state index >= 15 is 4.11 Å². The highest BCUT2D eigenvalue weighted by molar-refractivity contribution is 6.72. The Morgan fingerprint density at radius 1 is 1.00 bits per heavy atom. The monoisotopic (exact) mass is 725 g/mol. The maximum absolute atomic E-state index is 16.5. The van der Waals surface area contributed by atoms with Crippen LogP contribution >= 0.6 is 11.6 Å². The molecule has 0 aromatic heterocycles. The van der Waals surface area contributed by atoms with Crippen LogP contribution in [0.2, 0.25) is 23.7 Å². The molecule has 0 bridgehead atoms. The number of benzene rings is 4. The molecular formula is C40H41ClFN3O5Si. The predicted octanol–water partition coefficient (Wildman–Crippen LogP) is 7.25. The third kappa shape index (κ3) is 6.39. The number of nitrogens with one attached hydrogen (secondary N) is 1. The Labute approximate surface area is 303 Å². The molecule has 4 aromatic carbocycles. The van der Waals surface area contributed by atoms with E-state index in [4.69, 9.17) is 16.3 Å². The molecule has 8 nitrogen and oxygen atoms in total. The van der Waals surface area contributed by atoms with E-state index in [0.29, 0.717) is 40.5 Å². The lowest BCUT2D eigenvalue weighted by atomic mass is 9.82. The van der Waals surface area contributed by atoms with Crippen molar-refractivity contribution in [2.75, 3.05) is 16.8 Å². The Kier molecular flexibility index (Phi) is 9.39. The van der Waals surface area contributed by atoms with Crippen LogP contribution in [-0.2, 0) is 39.4 Å². The Balaban J connectivity index is 1.19. The summed E-state index contributed by atoms with van der Waals surface area (Å²) in [6, 6.07) is 28.9. The summed E-state index contributed by atoms with van der Waals surface area (Å²) in [5.74, 6) is -1.45. The Bertz CT molecular complexity index is 1990. The summed E-state index contributed by atoms with van der Waals surface area (Å²) in [6.07, 6.45) is -0.474. The van der Waals surface area contributed by atoms with Gasteiger partial charge in [0.2, 0.25) is 14.3 Å². The van der Waals surface area contributed by atoms with Crippen LogP contribution in [0.1, 0.15) is 46.0 Å². The molecule has 0 radical (unpaired) electrons. The number of anilines is 2. The number of nitrogens with zero attached hydrogens (tertiary/aromatic N) is 2. The molecule has 51 heavy (non-hydrogen) atoms. The maximum Gasteiger partial charge on any atom is 0.264 e. The molecule has 3 aliphatic heterocycles. The molecule has 7 rings (SSSR count). The van der Waals surface area contributed by atoms with E-state index in [0.717, 1.165) is 16.7 Å². The Morgan fingerprint density at radius 2 is 1.73 bits per heavy atom. The highest BCUT2D eigenvalue weighted by atomic mass is 35.5. The second-order valence-electron chi connectivity index (χ2n) is 14.4. The first-order valence-electron chi connectivity index (χ1n) is 17.3. The van der Waals surface area contributed by atoms with Crippen LogP contribution < -0.4 is 10.2 Å². The molecule has 3 heterocycles. The van der Waals surface area contributed by atoms with Crippen molar-refractivity contribution in [1.82, 2.24) is 4.90 Å². The number of carbonyl (C=O) groups excluding carboxylic acids is 3. The lowest BCUT2D eigenvalue weighted by molar-refractivity contribution is -0.151. The average Bonchev–Trinajstić information content (AvgIpc) is 3.53. The second-order valence-corrected chi connectivity index (χ2v) is 18.6. The molecular weight excluding hydrogens is 685 g/mol. The standard InChI is InChI=1S/C40H41ClFN3O5Si/c1-25-37(51(2,3)42)35(21-36(47)44-23-29-14-8-7-13-28(29)19-32(44)24-46)50-40(25)33-20-30(41)16-17-34(33)45(39(40)49)22-26-10-9-15-31(18-26)43-38(48)27-11-5-4-6-12-27/h4-18,20,25,32,35,37,46H,19,21-24H2,1-3H3,(H,43,48)/t25-,32-,35+,37-,40+/m0/s1. The Morgan fingerprint density at radius 3 is 2.45 bits per heavy atom. The summed E-state index contributed by atoms with van der Waals surface area (Å²) in [7, 11) is -3.54. The SMILES string of the molecule is C[C@H]1[C@H]([Si](C)(C)F)[C@@H](CC(=O)N2Cc3ccccc3C[C@H]2CO)O[C@]12C(=O)N(Cc1cccc(NC(=O)c3ccccc3)c1)c1ccc(Cl)cc12. The molecule has 3 aliphatic rings. The van der Waals surface area contributed by atoms with Crippen molar-refractivity contribution in [3.63, 3.8) is 0 Å². The summed E-state index contributed by atoms with van der Waals surface area (Å²) >= 11 is 6.55. The van der Waals surface area contributed by atoms with E-state index in [9.17, 15) is 19.5 Å². The number of ether oxygens (including phenoxy) is 1. The number of aliphatic hydroxyl groups excluding tert-OH is 1. The van der Waals surface area contributed by atoms with E-state index in [-0.39, 0.29) is 37.3 Å². The molecule has 3 amide bonds. The van der Waals surface area contributed by atoms with Crippen molar-refractivity contribution in [1.29, 1.82) is 0 Å². The molecule has 0 aliphatic carbocycles. The van der Waals surface area contributed by atoms with Gasteiger partial charge in [-0.15, -0.1) is 0 Å². The van der Waals surface area contributed by atoms with Crippen LogP contribution in [0.15, 0.2) is 97.1 Å². The number of rotatable bonds is 8. The van der Waals surface area contributed by atoms with Crippen molar-refractivity contribution in [3.8, 4) is 0 Å². The lowest BCUT2D eigenvalue weighted by Gasteiger charge is -2.37. The number of hydrogen-bond acceptors (Lipinski definition) is 5. The number of amides is 3. The second kappa shape index (κ2) is 13.6. The largest absolute Gasteiger partial charge is 0.394 e. The number of carbonyl (C=O) groups is 3. The highest BCUT2D eigenvalue weighted by Gasteiger charge is 2.67. The normalized spacial score (nSPS) is 24.1. The smallest absolute Gasteiger partial charge is 0.264 e. The fourth-order valence-electron chi connectivity index (χ4n) is 8.43. The minimum Gasteiger partial charge on any atom is -0.394 e. The van der Waals surface area contributed by atoms with Gasteiger partial charge in [-0.3, -0.25) is 14.4 Å². The van der Waals surface area contributed by atoms with Crippen molar-refractivity contribution >= 4 is 49.1 Å². The van der Waals surface area contributed by atoms with Gasteiger partial charge in [-0.1, -0.05) is 73.1 Å². The summed E-state index contributed by atoms with van der Waals surface area (Å²) in [4.78, 5) is 45.1. The molecule has 264 valence electrons. The van der Waals surface area contributed by atoms with Gasteiger partial charge in [0.05, 0.1) is 37.4 Å². The van der Waals surface area contributed by atoms with Crippen LogP contribution in [0.3, 0.4) is 0 Å². The summed E-state index contributed by atoms with van der Waals surface area (Å²) in [5, 5.41) is 13.6. The first kappa shape index (κ1) is 35.1. The third-order valence-electron chi connectivity index (χ3n) is 10.7. The van der Waals surface area contributed by atoms with Crippen LogP contribution in [0, 0.1) is 5.92 Å². The van der Waals surface area contributed by atoms with E-state index in [1.807, 2.05) is 55.5 Å². The van der Waals surface area contributed by atoms with E-state index in [1.165, 1.54) is 0 Å². The van der Waals surface area contributed by atoms with Crippen LogP contribution in [-0.4, -0.2) is 54.9 Å². The molecule has 4 aromatic rings. The van der Waals surface area contributed by atoms with Gasteiger partial charge >= 0.3 is 0 Å². The van der Waals surface area contributed by atoms with Crippen molar-refractivity contribution in [3.05, 3.63) is 130 Å². The molecule has 2 N–H and O–H groups in total. The van der Waals surface area contributed by atoms with E-state index in [2.05, 4.69) is 5.32 Å². The first-order valence-corrected chi connectivity index (χ1v) is 20.6. The molecule has 1 spiro atoms. The van der Waals surface area contributed by atoms with Crippen molar-refractivity contribution in [2.24, 2.45) is 5.92 Å². The van der Waals surface area contributed by atoms with Gasteiger partial charge in [0.25, 0.3) is 11.8 Å². The van der Waals surface area contributed by atoms with Gasteiger partial charge in [0, 0.05) is 39.8 Å². The van der Waals surface area contributed by atoms with E-state index in [1.54, 1.807) is 71.4 Å². The molecule has 0 unspecified atom stereocenters. The minimum absolute atomic E-state index is 0.123. The quantitative estimate of drug-likeness (QED) is 0.147. The van der Waals surface area contributed by atoms with Gasteiger partial charge in [0.15, 0.2) is 5.60 Å². The Hall–Kier alpha value is -4.35. The molecule has 11 heteroatoms. The minimum atomic E-state index is -3.54. The summed E-state index contributed by atoms with van der Waals surface area (Å²) < 4.78 is 23.3. The van der Waals surface area contributed by atoms with Gasteiger partial charge in [-0.2, -0.15) is 0 Å². The van der Waals surface area contributed by atoms with E-state index < -0.39 is 37.6 Å². The lowest BCUT2D eigenvalue weighted by Crippen LogP contribution is -2.48. The van der Waals surface area contributed by atoms with Crippen LogP contribution in [0.5, 0.6) is 0 Å². The van der Waals surface area contributed by atoms with Gasteiger partial charge in [0.1, 0.15) is 0 Å². The summed E-state index contributed by atoms with van der Waals surface area (Å²) in [6.45, 7) is 5.36. The van der Waals surface area contributed by atoms with Crippen molar-refractivity contribution < 1.29 is 28.3 Å². The van der Waals surface area contributed by atoms with Gasteiger partial charge in [-0.05, 0) is 78.7 Å². The van der Waals surface area contributed by atoms with Gasteiger partial charge < -0.3 is 29.1 Å². The van der Waals surface area contributed by atoms with Crippen LogP contribution in [0.4, 0.5) is 15.5 Å². The molecule has 5 atom stereocenters. The zero-order chi connectivity index (χ0) is 36.1. The fraction of sp³-hybridized carbons (Fsp3) is 0.325. The zero-order valence-corrected chi connectivity index (χ0v) is 30.6. The van der Waals surface area contributed by atoms with Gasteiger partial charge in [-0.25, -0.2) is 0 Å². The van der Waals surface area contributed by atoms with Crippen LogP contribution in [0.25, 0.3) is 0 Å². The third-order valence-corrected chi connectivity index (χ3v) is 13.4. The predicted molar refractivity (Wildman–Crippen MR) is 198 cm³/mol. The number of fused-ring (bicyclic) bond motifs is 3. The topological polar surface area (TPSA) is 99.2 Å². The average molecular weight is 726 g/mol. The first-order chi connectivity index (χ1) is 24.4. The van der Waals surface area contributed by atoms with Crippen molar-refractivity contribution in [2.45, 2.75) is 69.2 Å². The maximum atomic E-state index is 16.5. The number of hydrogen-bond donors (Lipinski definition) is 2.